The van der Waals surface area contributed by atoms with E-state index < -0.39 is 17.8 Å². The number of alkyl halides is 3. The molecular formula is C18H12F3N5O3. The van der Waals surface area contributed by atoms with Gasteiger partial charge in [0.1, 0.15) is 0 Å². The van der Waals surface area contributed by atoms with Crippen molar-refractivity contribution in [3.05, 3.63) is 66.1 Å². The van der Waals surface area contributed by atoms with Crippen LogP contribution in [0.2, 0.25) is 0 Å². The van der Waals surface area contributed by atoms with Crippen LogP contribution in [0.5, 0.6) is 0 Å². The number of aromatic nitrogens is 4. The average molecular weight is 403 g/mol. The minimum Gasteiger partial charge on any atom is -0.459 e. The van der Waals surface area contributed by atoms with E-state index in [2.05, 4.69) is 20.6 Å². The van der Waals surface area contributed by atoms with Gasteiger partial charge in [0.25, 0.3) is 11.8 Å². The van der Waals surface area contributed by atoms with Crippen LogP contribution >= 0.6 is 0 Å². The van der Waals surface area contributed by atoms with Crippen LogP contribution in [0.15, 0.2) is 57.8 Å². The number of anilines is 1. The van der Waals surface area contributed by atoms with Gasteiger partial charge in [0.15, 0.2) is 17.3 Å². The lowest BCUT2D eigenvalue weighted by Gasteiger charge is -2.12. The van der Waals surface area contributed by atoms with Gasteiger partial charge in [-0.25, -0.2) is 4.68 Å². The van der Waals surface area contributed by atoms with Crippen LogP contribution < -0.4 is 5.32 Å². The van der Waals surface area contributed by atoms with E-state index in [9.17, 15) is 18.0 Å². The van der Waals surface area contributed by atoms with Crippen molar-refractivity contribution in [1.82, 2.24) is 19.9 Å². The zero-order valence-electron chi connectivity index (χ0n) is 14.8. The second kappa shape index (κ2) is 6.93. The summed E-state index contributed by atoms with van der Waals surface area (Å²) in [6.07, 6.45) is -2.35. The number of benzene rings is 1. The van der Waals surface area contributed by atoms with Crippen molar-refractivity contribution in [3.8, 4) is 17.1 Å². The van der Waals surface area contributed by atoms with Gasteiger partial charge < -0.3 is 14.3 Å². The summed E-state index contributed by atoms with van der Waals surface area (Å²) < 4.78 is 51.7. The molecule has 0 aliphatic carbocycles. The highest BCUT2D eigenvalue weighted by molar-refractivity contribution is 6.02. The summed E-state index contributed by atoms with van der Waals surface area (Å²) in [4.78, 5) is 15.8. The molecule has 3 heterocycles. The van der Waals surface area contributed by atoms with Crippen molar-refractivity contribution in [1.29, 1.82) is 0 Å². The Morgan fingerprint density at radius 3 is 2.52 bits per heavy atom. The molecule has 4 rings (SSSR count). The molecule has 0 radical (unpaired) electrons. The number of hydrogen-bond acceptors (Lipinski definition) is 6. The minimum absolute atomic E-state index is 0.111. The van der Waals surface area contributed by atoms with Gasteiger partial charge in [-0.3, -0.25) is 4.79 Å². The average Bonchev–Trinajstić information content (AvgIpc) is 3.41. The quantitative estimate of drug-likeness (QED) is 0.551. The van der Waals surface area contributed by atoms with E-state index in [0.717, 1.165) is 10.9 Å². The Kier molecular flexibility index (Phi) is 4.41. The summed E-state index contributed by atoms with van der Waals surface area (Å²) >= 11 is 0. The predicted octanol–water partition coefficient (Wildman–Crippen LogP) is 4.09. The molecule has 0 saturated carbocycles. The molecule has 11 heteroatoms. The van der Waals surface area contributed by atoms with E-state index in [1.54, 1.807) is 6.07 Å². The van der Waals surface area contributed by atoms with Gasteiger partial charge in [0, 0.05) is 5.69 Å². The SMILES string of the molecule is Cc1noc(-c2cnn(-c3ccc(NC(=O)c4ccco4)cc3)c2C(F)(F)F)n1. The van der Waals surface area contributed by atoms with E-state index in [-0.39, 0.29) is 28.7 Å². The highest BCUT2D eigenvalue weighted by atomic mass is 19.4. The maximum absolute atomic E-state index is 13.7. The summed E-state index contributed by atoms with van der Waals surface area (Å²) in [5.41, 5.74) is -0.860. The number of halogens is 3. The summed E-state index contributed by atoms with van der Waals surface area (Å²) in [5, 5.41) is 9.94. The number of aryl methyl sites for hydroxylation is 1. The third-order valence-electron chi connectivity index (χ3n) is 3.91. The number of rotatable bonds is 4. The molecule has 1 N–H and O–H groups in total. The molecule has 0 saturated heterocycles. The molecule has 0 aliphatic rings. The van der Waals surface area contributed by atoms with Crippen molar-refractivity contribution in [3.63, 3.8) is 0 Å². The van der Waals surface area contributed by atoms with E-state index >= 15 is 0 Å². The van der Waals surface area contributed by atoms with Gasteiger partial charge >= 0.3 is 6.18 Å². The Morgan fingerprint density at radius 1 is 1.17 bits per heavy atom. The zero-order valence-corrected chi connectivity index (χ0v) is 14.8. The fourth-order valence-corrected chi connectivity index (χ4v) is 2.67. The van der Waals surface area contributed by atoms with Crippen LogP contribution in [0.1, 0.15) is 22.1 Å². The van der Waals surface area contributed by atoms with E-state index in [4.69, 9.17) is 8.94 Å². The molecule has 1 amide bonds. The number of furan rings is 1. The maximum Gasteiger partial charge on any atom is 0.434 e. The van der Waals surface area contributed by atoms with Gasteiger partial charge in [0.05, 0.1) is 23.7 Å². The second-order valence-electron chi connectivity index (χ2n) is 5.94. The summed E-state index contributed by atoms with van der Waals surface area (Å²) in [7, 11) is 0. The molecule has 29 heavy (non-hydrogen) atoms. The molecule has 0 fully saturated rings. The molecule has 4 aromatic rings. The topological polar surface area (TPSA) is 99.0 Å². The lowest BCUT2D eigenvalue weighted by atomic mass is 10.2. The smallest absolute Gasteiger partial charge is 0.434 e. The molecule has 8 nitrogen and oxygen atoms in total. The molecule has 0 atom stereocenters. The van der Waals surface area contributed by atoms with Gasteiger partial charge in [-0.15, -0.1) is 0 Å². The van der Waals surface area contributed by atoms with Crippen molar-refractivity contribution in [2.24, 2.45) is 0 Å². The van der Waals surface area contributed by atoms with E-state index in [1.165, 1.54) is 43.5 Å². The highest BCUT2D eigenvalue weighted by Gasteiger charge is 2.40. The van der Waals surface area contributed by atoms with Crippen LogP contribution in [0, 0.1) is 6.92 Å². The largest absolute Gasteiger partial charge is 0.459 e. The Bertz CT molecular complexity index is 1140. The van der Waals surface area contributed by atoms with Crippen molar-refractivity contribution >= 4 is 11.6 Å². The van der Waals surface area contributed by atoms with Gasteiger partial charge in [-0.05, 0) is 43.3 Å². The lowest BCUT2D eigenvalue weighted by Crippen LogP contribution is -2.15. The molecule has 0 spiro atoms. The summed E-state index contributed by atoms with van der Waals surface area (Å²) in [5.74, 6) is -0.437. The molecule has 148 valence electrons. The Balaban J connectivity index is 1.66. The molecular weight excluding hydrogens is 391 g/mol. The number of hydrogen-bond donors (Lipinski definition) is 1. The summed E-state index contributed by atoms with van der Waals surface area (Å²) in [6, 6.07) is 8.75. The number of nitrogens with one attached hydrogen (secondary N) is 1. The van der Waals surface area contributed by atoms with Crippen LogP contribution in [0.3, 0.4) is 0 Å². The fourth-order valence-electron chi connectivity index (χ4n) is 2.67. The first-order chi connectivity index (χ1) is 13.8. The second-order valence-corrected chi connectivity index (χ2v) is 5.94. The predicted molar refractivity (Wildman–Crippen MR) is 93.3 cm³/mol. The van der Waals surface area contributed by atoms with Crippen LogP contribution in [-0.4, -0.2) is 25.8 Å². The first-order valence-electron chi connectivity index (χ1n) is 8.24. The molecule has 0 aliphatic heterocycles. The molecule has 0 unspecified atom stereocenters. The van der Waals surface area contributed by atoms with Gasteiger partial charge in [-0.1, -0.05) is 5.16 Å². The minimum atomic E-state index is -4.72. The summed E-state index contributed by atoms with van der Waals surface area (Å²) in [6.45, 7) is 1.50. The monoisotopic (exact) mass is 403 g/mol. The van der Waals surface area contributed by atoms with Gasteiger partial charge in [-0.2, -0.15) is 23.3 Å². The molecule has 0 bridgehead atoms. The molecule has 1 aromatic carbocycles. The Labute approximate surface area is 160 Å². The molecule has 3 aromatic heterocycles. The first kappa shape index (κ1) is 18.5. The third-order valence-corrected chi connectivity index (χ3v) is 3.91. The van der Waals surface area contributed by atoms with Crippen molar-refractivity contribution < 1.29 is 26.9 Å². The van der Waals surface area contributed by atoms with Crippen LogP contribution in [0.4, 0.5) is 18.9 Å². The standard InChI is InChI=1S/C18H12F3N5O3/c1-10-23-17(29-25-10)13-9-22-26(15(13)18(19,20)21)12-6-4-11(5-7-12)24-16(27)14-3-2-8-28-14/h2-9H,1H3,(H,24,27). The third kappa shape index (κ3) is 3.61. The van der Waals surface area contributed by atoms with E-state index in [1.807, 2.05) is 0 Å². The Hall–Kier alpha value is -3.89. The highest BCUT2D eigenvalue weighted by Crippen LogP contribution is 2.37. The van der Waals surface area contributed by atoms with Crippen LogP contribution in [0.25, 0.3) is 17.1 Å². The van der Waals surface area contributed by atoms with Gasteiger partial charge in [0.2, 0.25) is 0 Å². The number of amides is 1. The Morgan fingerprint density at radius 2 is 1.93 bits per heavy atom. The first-order valence-corrected chi connectivity index (χ1v) is 8.24. The zero-order chi connectivity index (χ0) is 20.6. The number of nitrogens with zero attached hydrogens (tertiary/aromatic N) is 4. The normalized spacial score (nSPS) is 11.6. The van der Waals surface area contributed by atoms with E-state index in [0.29, 0.717) is 5.69 Å². The van der Waals surface area contributed by atoms with Crippen molar-refractivity contribution in [2.75, 3.05) is 5.32 Å². The lowest BCUT2D eigenvalue weighted by molar-refractivity contribution is -0.142. The number of carbonyl (C=O) groups excluding carboxylic acids is 1. The fraction of sp³-hybridized carbons (Fsp3) is 0.111. The van der Waals surface area contributed by atoms with Crippen molar-refractivity contribution in [2.45, 2.75) is 13.1 Å². The maximum atomic E-state index is 13.7. The number of carbonyl (C=O) groups is 1. The van der Waals surface area contributed by atoms with Crippen LogP contribution in [-0.2, 0) is 6.18 Å².